The fraction of sp³-hybridized carbons (Fsp3) is 0.360. The van der Waals surface area contributed by atoms with Gasteiger partial charge >= 0.3 is 0 Å². The highest BCUT2D eigenvalue weighted by molar-refractivity contribution is 6.03. The molecule has 3 aromatic rings. The third-order valence-electron chi connectivity index (χ3n) is 5.96. The van der Waals surface area contributed by atoms with E-state index in [9.17, 15) is 9.59 Å². The van der Waals surface area contributed by atoms with E-state index >= 15 is 0 Å². The van der Waals surface area contributed by atoms with Gasteiger partial charge in [-0.2, -0.15) is 9.78 Å². The predicted molar refractivity (Wildman–Crippen MR) is 125 cm³/mol. The molecule has 0 radical (unpaired) electrons. The normalized spacial score (nSPS) is 16.5. The monoisotopic (exact) mass is 431 g/mol. The number of nitrogens with one attached hydrogen (secondary N) is 1. The lowest BCUT2D eigenvalue weighted by molar-refractivity contribution is -0.122. The number of nitrogens with zero attached hydrogens (tertiary/aromatic N) is 4. The van der Waals surface area contributed by atoms with Crippen molar-refractivity contribution < 1.29 is 9.59 Å². The Morgan fingerprint density at radius 3 is 2.59 bits per heavy atom. The van der Waals surface area contributed by atoms with Gasteiger partial charge in [-0.05, 0) is 43.2 Å². The van der Waals surface area contributed by atoms with Gasteiger partial charge in [-0.25, -0.2) is 4.98 Å². The minimum atomic E-state index is -0.437. The van der Waals surface area contributed by atoms with Crippen molar-refractivity contribution in [1.29, 1.82) is 0 Å². The number of benzene rings is 1. The van der Waals surface area contributed by atoms with Crippen LogP contribution in [0.4, 0.5) is 11.5 Å². The summed E-state index contributed by atoms with van der Waals surface area (Å²) >= 11 is 0. The summed E-state index contributed by atoms with van der Waals surface area (Å²) in [5.41, 5.74) is 3.71. The summed E-state index contributed by atoms with van der Waals surface area (Å²) in [6, 6.07) is 13.3. The lowest BCUT2D eigenvalue weighted by Gasteiger charge is -2.20. The first-order chi connectivity index (χ1) is 15.1. The van der Waals surface area contributed by atoms with E-state index in [-0.39, 0.29) is 23.7 Å². The molecular formula is C25H29N5O2. The van der Waals surface area contributed by atoms with E-state index in [1.165, 1.54) is 0 Å². The van der Waals surface area contributed by atoms with Crippen LogP contribution >= 0.6 is 0 Å². The summed E-state index contributed by atoms with van der Waals surface area (Å²) in [5.74, 6) is 0.512. The number of aromatic nitrogens is 3. The van der Waals surface area contributed by atoms with Crippen LogP contribution in [0.25, 0.3) is 5.82 Å². The molecule has 0 spiro atoms. The number of carbonyl (C=O) groups excluding carboxylic acids is 2. The number of hydrogen-bond acceptors (Lipinski definition) is 4. The van der Waals surface area contributed by atoms with Crippen LogP contribution in [-0.2, 0) is 15.0 Å². The van der Waals surface area contributed by atoms with E-state index in [2.05, 4.69) is 31.1 Å². The Balaban J connectivity index is 1.59. The minimum Gasteiger partial charge on any atom is -0.311 e. The average molecular weight is 432 g/mol. The van der Waals surface area contributed by atoms with Crippen LogP contribution in [0.3, 0.4) is 0 Å². The zero-order valence-corrected chi connectivity index (χ0v) is 19.2. The van der Waals surface area contributed by atoms with Gasteiger partial charge in [0.1, 0.15) is 5.82 Å². The van der Waals surface area contributed by atoms with Gasteiger partial charge in [0.15, 0.2) is 5.82 Å². The summed E-state index contributed by atoms with van der Waals surface area (Å²) in [6.45, 7) is 10.6. The number of rotatable bonds is 4. The highest BCUT2D eigenvalue weighted by atomic mass is 16.2. The second-order valence-corrected chi connectivity index (χ2v) is 9.38. The highest BCUT2D eigenvalue weighted by Gasteiger charge is 2.36. The van der Waals surface area contributed by atoms with E-state index in [1.807, 2.05) is 56.3 Å². The van der Waals surface area contributed by atoms with Crippen molar-refractivity contribution in [1.82, 2.24) is 14.8 Å². The molecular weight excluding hydrogens is 402 g/mol. The van der Waals surface area contributed by atoms with Crippen LogP contribution < -0.4 is 10.2 Å². The summed E-state index contributed by atoms with van der Waals surface area (Å²) in [6.07, 6.45) is 1.88. The molecule has 1 N–H and O–H groups in total. The maximum absolute atomic E-state index is 13.2. The van der Waals surface area contributed by atoms with Gasteiger partial charge in [-0.15, -0.1) is 0 Å². The predicted octanol–water partition coefficient (Wildman–Crippen LogP) is 4.17. The number of pyridine rings is 1. The first-order valence-corrected chi connectivity index (χ1v) is 10.8. The van der Waals surface area contributed by atoms with Gasteiger partial charge < -0.3 is 10.2 Å². The lowest BCUT2D eigenvalue weighted by atomic mass is 9.92. The maximum atomic E-state index is 13.2. The molecule has 4 rings (SSSR count). The third kappa shape index (κ3) is 4.15. The molecule has 0 bridgehead atoms. The van der Waals surface area contributed by atoms with Crippen LogP contribution in [0.1, 0.15) is 44.0 Å². The fourth-order valence-corrected chi connectivity index (χ4v) is 3.86. The standard InChI is InChI=1S/C25H29N5O2/c1-16-9-8-10-19(17(16)2)29-15-18(13-23(29)31)24(32)27-22-14-20(25(3,4)5)28-30(22)21-11-6-7-12-26-21/h6-12,14,18H,13,15H2,1-5H3,(H,27,32). The van der Waals surface area contributed by atoms with Crippen molar-refractivity contribution in [2.24, 2.45) is 5.92 Å². The summed E-state index contributed by atoms with van der Waals surface area (Å²) < 4.78 is 1.65. The van der Waals surface area contributed by atoms with Crippen molar-refractivity contribution >= 4 is 23.3 Å². The molecule has 2 aromatic heterocycles. The molecule has 1 fully saturated rings. The van der Waals surface area contributed by atoms with E-state index in [1.54, 1.807) is 15.8 Å². The second-order valence-electron chi connectivity index (χ2n) is 9.38. The van der Waals surface area contributed by atoms with Gasteiger partial charge in [-0.3, -0.25) is 9.59 Å². The fourth-order valence-electron chi connectivity index (χ4n) is 3.86. The molecule has 1 aliphatic rings. The lowest BCUT2D eigenvalue weighted by Crippen LogP contribution is -2.29. The van der Waals surface area contributed by atoms with E-state index < -0.39 is 5.92 Å². The van der Waals surface area contributed by atoms with Crippen LogP contribution in [0.2, 0.25) is 0 Å². The molecule has 1 aliphatic heterocycles. The Kier molecular flexibility index (Phi) is 5.59. The quantitative estimate of drug-likeness (QED) is 0.672. The number of aryl methyl sites for hydroxylation is 1. The highest BCUT2D eigenvalue weighted by Crippen LogP contribution is 2.31. The molecule has 1 saturated heterocycles. The number of anilines is 2. The van der Waals surface area contributed by atoms with E-state index in [0.29, 0.717) is 18.2 Å². The van der Waals surface area contributed by atoms with Crippen molar-refractivity contribution in [2.75, 3.05) is 16.8 Å². The minimum absolute atomic E-state index is 0.0348. The summed E-state index contributed by atoms with van der Waals surface area (Å²) in [7, 11) is 0. The molecule has 0 aliphatic carbocycles. The van der Waals surface area contributed by atoms with Crippen molar-refractivity contribution in [3.8, 4) is 5.82 Å². The molecule has 166 valence electrons. The Morgan fingerprint density at radius 1 is 1.12 bits per heavy atom. The van der Waals surface area contributed by atoms with Crippen molar-refractivity contribution in [3.63, 3.8) is 0 Å². The topological polar surface area (TPSA) is 80.1 Å². The van der Waals surface area contributed by atoms with Gasteiger partial charge in [0.2, 0.25) is 11.8 Å². The molecule has 7 heteroatoms. The van der Waals surface area contributed by atoms with Crippen LogP contribution in [0.15, 0.2) is 48.7 Å². The Labute approximate surface area is 188 Å². The molecule has 3 heterocycles. The largest absolute Gasteiger partial charge is 0.311 e. The molecule has 1 unspecified atom stereocenters. The van der Waals surface area contributed by atoms with Gasteiger partial charge in [-0.1, -0.05) is 39.0 Å². The zero-order valence-electron chi connectivity index (χ0n) is 19.2. The van der Waals surface area contributed by atoms with Crippen molar-refractivity contribution in [3.05, 3.63) is 65.5 Å². The van der Waals surface area contributed by atoms with Gasteiger partial charge in [0.25, 0.3) is 0 Å². The first kappa shape index (κ1) is 21.7. The van der Waals surface area contributed by atoms with Crippen LogP contribution in [-0.4, -0.2) is 33.1 Å². The first-order valence-electron chi connectivity index (χ1n) is 10.8. The number of amides is 2. The summed E-state index contributed by atoms with van der Waals surface area (Å²) in [5, 5.41) is 7.70. The van der Waals surface area contributed by atoms with Gasteiger partial charge in [0.05, 0.1) is 11.6 Å². The van der Waals surface area contributed by atoms with E-state index in [0.717, 1.165) is 22.5 Å². The second kappa shape index (κ2) is 8.22. The molecule has 1 aromatic carbocycles. The average Bonchev–Trinajstić information content (AvgIpc) is 3.35. The molecule has 1 atom stereocenters. The van der Waals surface area contributed by atoms with Gasteiger partial charge in [0, 0.05) is 36.3 Å². The van der Waals surface area contributed by atoms with Crippen LogP contribution in [0, 0.1) is 19.8 Å². The zero-order chi connectivity index (χ0) is 23.0. The molecule has 7 nitrogen and oxygen atoms in total. The molecule has 0 saturated carbocycles. The Morgan fingerprint density at radius 2 is 1.91 bits per heavy atom. The van der Waals surface area contributed by atoms with E-state index in [4.69, 9.17) is 5.10 Å². The van der Waals surface area contributed by atoms with Crippen molar-refractivity contribution in [2.45, 2.75) is 46.5 Å². The molecule has 2 amide bonds. The summed E-state index contributed by atoms with van der Waals surface area (Å²) in [4.78, 5) is 32.0. The number of carbonyl (C=O) groups is 2. The SMILES string of the molecule is Cc1cccc(N2CC(C(=O)Nc3cc(C(C)(C)C)nn3-c3ccccn3)CC2=O)c1C. The maximum Gasteiger partial charge on any atom is 0.230 e. The smallest absolute Gasteiger partial charge is 0.230 e. The number of hydrogen-bond donors (Lipinski definition) is 1. The molecule has 32 heavy (non-hydrogen) atoms. The van der Waals surface area contributed by atoms with Crippen LogP contribution in [0.5, 0.6) is 0 Å². The third-order valence-corrected chi connectivity index (χ3v) is 5.96. The Bertz CT molecular complexity index is 1160. The Hall–Kier alpha value is -3.48.